The number of nitrogens with one attached hydrogen (secondary N) is 1. The molecular weight excluding hydrogens is 374 g/mol. The minimum atomic E-state index is -1.07. The lowest BCUT2D eigenvalue weighted by atomic mass is 10.3. The molecule has 0 bridgehead atoms. The predicted molar refractivity (Wildman–Crippen MR) is 97.7 cm³/mol. The summed E-state index contributed by atoms with van der Waals surface area (Å²) in [4.78, 5) is 50.3. The molecule has 3 rings (SSSR count). The van der Waals surface area contributed by atoms with E-state index in [2.05, 4.69) is 5.32 Å². The zero-order valence-corrected chi connectivity index (χ0v) is 14.9. The van der Waals surface area contributed by atoms with Crippen molar-refractivity contribution >= 4 is 46.7 Å². The van der Waals surface area contributed by atoms with Crippen molar-refractivity contribution in [2.75, 3.05) is 23.9 Å². The molecule has 1 fully saturated rings. The van der Waals surface area contributed by atoms with Crippen molar-refractivity contribution in [3.05, 3.63) is 53.6 Å². The Kier molecular flexibility index (Phi) is 5.09. The van der Waals surface area contributed by atoms with Crippen molar-refractivity contribution in [1.29, 1.82) is 0 Å². The van der Waals surface area contributed by atoms with Gasteiger partial charge in [0.05, 0.1) is 12.8 Å². The van der Waals surface area contributed by atoms with E-state index in [0.717, 1.165) is 4.90 Å². The maximum absolute atomic E-state index is 12.5. The van der Waals surface area contributed by atoms with E-state index < -0.39 is 30.3 Å². The number of hydrogen-bond acceptors (Lipinski definition) is 5. The Bertz CT molecular complexity index is 912. The van der Waals surface area contributed by atoms with E-state index in [1.807, 2.05) is 0 Å². The number of imide groups is 2. The van der Waals surface area contributed by atoms with Crippen molar-refractivity contribution in [3.63, 3.8) is 0 Å². The fraction of sp³-hybridized carbons (Fsp3) is 0.111. The second kappa shape index (κ2) is 7.46. The molecule has 1 saturated heterocycles. The second-order valence-electron chi connectivity index (χ2n) is 5.57. The normalized spacial score (nSPS) is 13.9. The van der Waals surface area contributed by atoms with Gasteiger partial charge in [-0.25, -0.2) is 14.6 Å². The molecule has 1 N–H and O–H groups in total. The first kappa shape index (κ1) is 18.4. The Morgan fingerprint density at radius 1 is 1.00 bits per heavy atom. The predicted octanol–water partition coefficient (Wildman–Crippen LogP) is 2.28. The molecule has 9 heteroatoms. The highest BCUT2D eigenvalue weighted by atomic mass is 35.5. The van der Waals surface area contributed by atoms with Gasteiger partial charge in [-0.1, -0.05) is 11.6 Å². The van der Waals surface area contributed by atoms with Gasteiger partial charge in [-0.15, -0.1) is 0 Å². The monoisotopic (exact) mass is 387 g/mol. The summed E-state index contributed by atoms with van der Waals surface area (Å²) in [6.45, 7) is -0.585. The van der Waals surface area contributed by atoms with Gasteiger partial charge in [-0.05, 0) is 48.5 Å². The SMILES string of the molecule is COc1ccc(N2C(=O)C(=O)N(CC(=O)Nc3ccc(Cl)cc3)C2=O)cc1. The lowest BCUT2D eigenvalue weighted by Gasteiger charge is -2.15. The first-order valence-corrected chi connectivity index (χ1v) is 8.18. The van der Waals surface area contributed by atoms with Crippen molar-refractivity contribution < 1.29 is 23.9 Å². The molecule has 1 heterocycles. The molecule has 1 aliphatic rings. The summed E-state index contributed by atoms with van der Waals surface area (Å²) in [5, 5.41) is 3.03. The fourth-order valence-electron chi connectivity index (χ4n) is 2.48. The van der Waals surface area contributed by atoms with Gasteiger partial charge in [0.25, 0.3) is 0 Å². The molecule has 0 aromatic heterocycles. The van der Waals surface area contributed by atoms with Crippen LogP contribution in [0.15, 0.2) is 48.5 Å². The van der Waals surface area contributed by atoms with Crippen LogP contribution in [0.2, 0.25) is 5.02 Å². The number of ether oxygens (including phenoxy) is 1. The summed E-state index contributed by atoms with van der Waals surface area (Å²) in [7, 11) is 1.48. The van der Waals surface area contributed by atoms with Crippen LogP contribution < -0.4 is 15.0 Å². The molecule has 5 amide bonds. The summed E-state index contributed by atoms with van der Waals surface area (Å²) in [5.74, 6) is -2.18. The molecule has 0 radical (unpaired) electrons. The number of urea groups is 1. The number of carbonyl (C=O) groups is 4. The number of methoxy groups -OCH3 is 1. The molecule has 2 aromatic carbocycles. The minimum Gasteiger partial charge on any atom is -0.497 e. The van der Waals surface area contributed by atoms with Crippen molar-refractivity contribution in [2.24, 2.45) is 0 Å². The Balaban J connectivity index is 1.73. The van der Waals surface area contributed by atoms with Crippen LogP contribution in [-0.2, 0) is 14.4 Å². The van der Waals surface area contributed by atoms with Gasteiger partial charge < -0.3 is 10.1 Å². The quantitative estimate of drug-likeness (QED) is 0.627. The van der Waals surface area contributed by atoms with E-state index in [4.69, 9.17) is 16.3 Å². The van der Waals surface area contributed by atoms with E-state index in [1.54, 1.807) is 36.4 Å². The van der Waals surface area contributed by atoms with Gasteiger partial charge in [-0.2, -0.15) is 0 Å². The minimum absolute atomic E-state index is 0.208. The third-order valence-corrected chi connectivity index (χ3v) is 4.07. The third kappa shape index (κ3) is 3.75. The molecule has 27 heavy (non-hydrogen) atoms. The highest BCUT2D eigenvalue weighted by molar-refractivity contribution is 6.53. The molecule has 138 valence electrons. The molecule has 8 nitrogen and oxygen atoms in total. The topological polar surface area (TPSA) is 96.0 Å². The number of carbonyl (C=O) groups excluding carboxylic acids is 4. The standard InChI is InChI=1S/C18H14ClN3O5/c1-27-14-8-6-13(7-9-14)22-17(25)16(24)21(18(22)26)10-15(23)20-12-4-2-11(19)3-5-12/h2-9H,10H2,1H3,(H,20,23). The van der Waals surface area contributed by atoms with E-state index >= 15 is 0 Å². The van der Waals surface area contributed by atoms with Crippen LogP contribution in [0.25, 0.3) is 0 Å². The first-order valence-electron chi connectivity index (χ1n) is 7.80. The number of anilines is 2. The van der Waals surface area contributed by atoms with E-state index in [9.17, 15) is 19.2 Å². The molecule has 2 aromatic rings. The lowest BCUT2D eigenvalue weighted by Crippen LogP contribution is -2.39. The molecule has 0 spiro atoms. The largest absolute Gasteiger partial charge is 0.497 e. The number of nitrogens with zero attached hydrogens (tertiary/aromatic N) is 2. The third-order valence-electron chi connectivity index (χ3n) is 3.81. The van der Waals surface area contributed by atoms with Crippen molar-refractivity contribution in [2.45, 2.75) is 0 Å². The van der Waals surface area contributed by atoms with Gasteiger partial charge >= 0.3 is 17.8 Å². The van der Waals surface area contributed by atoms with Crippen LogP contribution in [0.5, 0.6) is 5.75 Å². The zero-order chi connectivity index (χ0) is 19.6. The first-order chi connectivity index (χ1) is 12.9. The highest BCUT2D eigenvalue weighted by Gasteiger charge is 2.46. The molecule has 0 saturated carbocycles. The highest BCUT2D eigenvalue weighted by Crippen LogP contribution is 2.24. The summed E-state index contributed by atoms with van der Waals surface area (Å²) < 4.78 is 5.02. The van der Waals surface area contributed by atoms with Crippen LogP contribution >= 0.6 is 11.6 Å². The van der Waals surface area contributed by atoms with Gasteiger partial charge in [0.2, 0.25) is 5.91 Å². The van der Waals surface area contributed by atoms with Crippen LogP contribution in [0, 0.1) is 0 Å². The average molecular weight is 388 g/mol. The summed E-state index contributed by atoms with van der Waals surface area (Å²) in [6.07, 6.45) is 0. The van der Waals surface area contributed by atoms with Gasteiger partial charge in [0.1, 0.15) is 12.3 Å². The molecular formula is C18H14ClN3O5. The van der Waals surface area contributed by atoms with Crippen molar-refractivity contribution in [3.8, 4) is 5.75 Å². The second-order valence-corrected chi connectivity index (χ2v) is 6.00. The Morgan fingerprint density at radius 2 is 1.63 bits per heavy atom. The molecule has 0 aliphatic carbocycles. The summed E-state index contributed by atoms with van der Waals surface area (Å²) >= 11 is 5.77. The average Bonchev–Trinajstić information content (AvgIpc) is 2.87. The molecule has 0 unspecified atom stereocenters. The van der Waals surface area contributed by atoms with Crippen molar-refractivity contribution in [1.82, 2.24) is 4.90 Å². The fourth-order valence-corrected chi connectivity index (χ4v) is 2.61. The van der Waals surface area contributed by atoms with Gasteiger partial charge in [-0.3, -0.25) is 14.4 Å². The smallest absolute Gasteiger partial charge is 0.339 e. The van der Waals surface area contributed by atoms with Gasteiger partial charge in [0, 0.05) is 10.7 Å². The van der Waals surface area contributed by atoms with E-state index in [0.29, 0.717) is 21.4 Å². The Hall–Kier alpha value is -3.39. The molecule has 1 aliphatic heterocycles. The number of rotatable bonds is 5. The number of hydrogen-bond donors (Lipinski definition) is 1. The van der Waals surface area contributed by atoms with Crippen LogP contribution in [0.3, 0.4) is 0 Å². The van der Waals surface area contributed by atoms with E-state index in [-0.39, 0.29) is 5.69 Å². The van der Waals surface area contributed by atoms with Gasteiger partial charge in [0.15, 0.2) is 0 Å². The van der Waals surface area contributed by atoms with Crippen LogP contribution in [0.4, 0.5) is 16.2 Å². The Labute approximate surface area is 159 Å². The van der Waals surface area contributed by atoms with Crippen LogP contribution in [0.1, 0.15) is 0 Å². The maximum atomic E-state index is 12.5. The summed E-state index contributed by atoms with van der Waals surface area (Å²) in [5.41, 5.74) is 0.654. The maximum Gasteiger partial charge on any atom is 0.339 e. The number of amides is 5. The molecule has 0 atom stereocenters. The number of benzene rings is 2. The van der Waals surface area contributed by atoms with E-state index in [1.165, 1.54) is 19.2 Å². The number of halogens is 1. The lowest BCUT2D eigenvalue weighted by molar-refractivity contribution is -0.140. The summed E-state index contributed by atoms with van der Waals surface area (Å²) in [6, 6.07) is 11.5. The Morgan fingerprint density at radius 3 is 2.22 bits per heavy atom. The van der Waals surface area contributed by atoms with Crippen LogP contribution in [-0.4, -0.2) is 42.3 Å². The zero-order valence-electron chi connectivity index (χ0n) is 14.1.